The van der Waals surface area contributed by atoms with Crippen molar-refractivity contribution in [1.29, 1.82) is 0 Å². The number of esters is 2. The number of carbonyl (C=O) groups excluding carboxylic acids is 4. The Kier molecular flexibility index (Phi) is 10.5. The summed E-state index contributed by atoms with van der Waals surface area (Å²) in [5.41, 5.74) is 0.375. The maximum Gasteiger partial charge on any atom is 0.491 e. The van der Waals surface area contributed by atoms with Crippen molar-refractivity contribution in [3.63, 3.8) is 0 Å². The summed E-state index contributed by atoms with van der Waals surface area (Å²) in [7, 11) is 0. The van der Waals surface area contributed by atoms with Crippen LogP contribution in [-0.4, -0.2) is 54.8 Å². The molecule has 188 valence electrons. The number of rotatable bonds is 11. The third kappa shape index (κ3) is 10.5. The fourth-order valence-electron chi connectivity index (χ4n) is 2.68. The van der Waals surface area contributed by atoms with Gasteiger partial charge in [0.05, 0.1) is 19.1 Å². The molecule has 2 aromatic rings. The quantitative estimate of drug-likeness (QED) is 0.245. The highest BCUT2D eigenvalue weighted by atomic mass is 19.4. The van der Waals surface area contributed by atoms with Gasteiger partial charge in [-0.05, 0) is 24.1 Å². The molecule has 0 aliphatic heterocycles. The molecule has 0 radical (unpaired) electrons. The van der Waals surface area contributed by atoms with Crippen molar-refractivity contribution in [3.8, 4) is 0 Å². The van der Waals surface area contributed by atoms with Gasteiger partial charge in [-0.25, -0.2) is 14.6 Å². The van der Waals surface area contributed by atoms with Gasteiger partial charge < -0.3 is 25.4 Å². The van der Waals surface area contributed by atoms with Crippen LogP contribution in [0.2, 0.25) is 0 Å². The molecule has 0 saturated carbocycles. The summed E-state index contributed by atoms with van der Waals surface area (Å²) in [6.45, 7) is 0.0420. The Morgan fingerprint density at radius 3 is 2.37 bits per heavy atom. The maximum absolute atomic E-state index is 12.3. The van der Waals surface area contributed by atoms with Crippen molar-refractivity contribution >= 4 is 29.8 Å². The molecular weight excluding hydrogens is 473 g/mol. The van der Waals surface area contributed by atoms with Gasteiger partial charge in [0.25, 0.3) is 0 Å². The Bertz CT molecular complexity index is 990. The highest BCUT2D eigenvalue weighted by Gasteiger charge is 2.42. The topological polar surface area (TPSA) is 136 Å². The molecule has 0 aliphatic carbocycles. The number of amides is 2. The number of benzene rings is 1. The average molecular weight is 496 g/mol. The fraction of sp³-hybridized carbons (Fsp3) is 0.318. The maximum atomic E-state index is 12.3. The number of ether oxygens (including phenoxy) is 2. The fourth-order valence-corrected chi connectivity index (χ4v) is 2.68. The summed E-state index contributed by atoms with van der Waals surface area (Å²) < 4.78 is 45.7. The van der Waals surface area contributed by atoms with E-state index in [1.54, 1.807) is 36.5 Å². The minimum atomic E-state index is -5.33. The SMILES string of the molecule is O=C(CNC(=O)OCCCNc1ccccn1)NC(CC(=O)OC(=O)C(F)(F)F)c1ccccc1. The second kappa shape index (κ2) is 13.5. The van der Waals surface area contributed by atoms with Crippen LogP contribution in [0.3, 0.4) is 0 Å². The molecule has 0 fully saturated rings. The lowest BCUT2D eigenvalue weighted by molar-refractivity contribution is -0.202. The number of hydrogen-bond acceptors (Lipinski definition) is 8. The summed E-state index contributed by atoms with van der Waals surface area (Å²) in [6.07, 6.45) is -4.83. The van der Waals surface area contributed by atoms with Crippen molar-refractivity contribution in [2.75, 3.05) is 25.0 Å². The third-order valence-corrected chi connectivity index (χ3v) is 4.26. The van der Waals surface area contributed by atoms with Crippen LogP contribution in [0.4, 0.5) is 23.8 Å². The van der Waals surface area contributed by atoms with Gasteiger partial charge in [-0.2, -0.15) is 13.2 Å². The molecule has 13 heteroatoms. The number of alkyl carbamates (subject to hydrolysis) is 1. The number of alkyl halides is 3. The molecule has 1 unspecified atom stereocenters. The summed E-state index contributed by atoms with van der Waals surface area (Å²) in [5, 5.41) is 7.67. The summed E-state index contributed by atoms with van der Waals surface area (Å²) in [6, 6.07) is 12.1. The van der Waals surface area contributed by atoms with Crippen LogP contribution < -0.4 is 16.0 Å². The highest BCUT2D eigenvalue weighted by molar-refractivity contribution is 5.89. The van der Waals surface area contributed by atoms with Gasteiger partial charge in [0.15, 0.2) is 0 Å². The molecule has 10 nitrogen and oxygen atoms in total. The summed E-state index contributed by atoms with van der Waals surface area (Å²) in [5.74, 6) is -4.20. The van der Waals surface area contributed by atoms with E-state index in [1.807, 2.05) is 6.07 Å². The Balaban J connectivity index is 1.76. The normalized spacial score (nSPS) is 11.6. The number of halogens is 3. The first-order valence-electron chi connectivity index (χ1n) is 10.4. The van der Waals surface area contributed by atoms with Crippen LogP contribution >= 0.6 is 0 Å². The van der Waals surface area contributed by atoms with Gasteiger partial charge in [0, 0.05) is 12.7 Å². The lowest BCUT2D eigenvalue weighted by Crippen LogP contribution is -2.40. The van der Waals surface area contributed by atoms with Crippen molar-refractivity contribution < 1.29 is 41.8 Å². The zero-order chi connectivity index (χ0) is 25.7. The second-order valence-electron chi connectivity index (χ2n) is 6.98. The largest absolute Gasteiger partial charge is 0.491 e. The van der Waals surface area contributed by atoms with Gasteiger partial charge in [0.1, 0.15) is 12.4 Å². The first-order valence-corrected chi connectivity index (χ1v) is 10.4. The number of aromatic nitrogens is 1. The molecule has 0 aliphatic rings. The minimum Gasteiger partial charge on any atom is -0.449 e. The summed E-state index contributed by atoms with van der Waals surface area (Å²) >= 11 is 0. The van der Waals surface area contributed by atoms with E-state index in [4.69, 9.17) is 4.74 Å². The molecule has 1 aromatic carbocycles. The Morgan fingerprint density at radius 2 is 1.71 bits per heavy atom. The molecule has 35 heavy (non-hydrogen) atoms. The molecule has 2 amide bonds. The van der Waals surface area contributed by atoms with Crippen LogP contribution in [0.25, 0.3) is 0 Å². The molecule has 3 N–H and O–H groups in total. The molecule has 1 aromatic heterocycles. The van der Waals surface area contributed by atoms with Gasteiger partial charge >= 0.3 is 24.2 Å². The number of anilines is 1. The number of nitrogens with zero attached hydrogens (tertiary/aromatic N) is 1. The monoisotopic (exact) mass is 496 g/mol. The lowest BCUT2D eigenvalue weighted by Gasteiger charge is -2.18. The van der Waals surface area contributed by atoms with E-state index >= 15 is 0 Å². The Morgan fingerprint density at radius 1 is 1.00 bits per heavy atom. The Labute approximate surface area is 198 Å². The molecule has 0 bridgehead atoms. The van der Waals surface area contributed by atoms with E-state index in [2.05, 4.69) is 25.7 Å². The van der Waals surface area contributed by atoms with E-state index in [-0.39, 0.29) is 6.61 Å². The minimum absolute atomic E-state index is 0.0685. The van der Waals surface area contributed by atoms with Crippen molar-refractivity contribution in [2.24, 2.45) is 0 Å². The lowest BCUT2D eigenvalue weighted by atomic mass is 10.0. The molecule has 2 rings (SSSR count). The van der Waals surface area contributed by atoms with Crippen LogP contribution in [0.1, 0.15) is 24.4 Å². The van der Waals surface area contributed by atoms with Gasteiger partial charge in [-0.3, -0.25) is 9.59 Å². The predicted molar refractivity (Wildman–Crippen MR) is 116 cm³/mol. The zero-order valence-electron chi connectivity index (χ0n) is 18.3. The molecular formula is C22H23F3N4O6. The predicted octanol–water partition coefficient (Wildman–Crippen LogP) is 2.49. The van der Waals surface area contributed by atoms with E-state index in [0.717, 1.165) is 0 Å². The number of carbonyl (C=O) groups is 4. The average Bonchev–Trinajstić information content (AvgIpc) is 2.82. The number of nitrogens with one attached hydrogen (secondary N) is 3. The van der Waals surface area contributed by atoms with Gasteiger partial charge in [-0.15, -0.1) is 0 Å². The van der Waals surface area contributed by atoms with E-state index in [1.165, 1.54) is 12.1 Å². The second-order valence-corrected chi connectivity index (χ2v) is 6.98. The summed E-state index contributed by atoms with van der Waals surface area (Å²) in [4.78, 5) is 50.7. The first-order chi connectivity index (χ1) is 16.6. The smallest absolute Gasteiger partial charge is 0.449 e. The van der Waals surface area contributed by atoms with Gasteiger partial charge in [-0.1, -0.05) is 36.4 Å². The molecule has 1 atom stereocenters. The number of pyridine rings is 1. The van der Waals surface area contributed by atoms with Crippen LogP contribution in [0, 0.1) is 0 Å². The molecule has 0 spiro atoms. The van der Waals surface area contributed by atoms with E-state index in [9.17, 15) is 32.3 Å². The third-order valence-electron chi connectivity index (χ3n) is 4.26. The van der Waals surface area contributed by atoms with E-state index in [0.29, 0.717) is 24.3 Å². The number of hydrogen-bond donors (Lipinski definition) is 3. The zero-order valence-corrected chi connectivity index (χ0v) is 18.3. The van der Waals surface area contributed by atoms with Crippen molar-refractivity contribution in [2.45, 2.75) is 25.1 Å². The van der Waals surface area contributed by atoms with Crippen LogP contribution in [0.5, 0.6) is 0 Å². The standard InChI is InChI=1S/C22H23F3N4O6/c23-22(24,25)20(32)35-19(31)13-16(15-7-2-1-3-8-15)29-18(30)14-28-21(33)34-12-6-11-27-17-9-4-5-10-26-17/h1-5,7-10,16H,6,11-14H2,(H,26,27)(H,28,33)(H,29,30). The first kappa shape index (κ1) is 27.1. The Hall–Kier alpha value is -4.16. The molecule has 1 heterocycles. The van der Waals surface area contributed by atoms with Crippen molar-refractivity contribution in [1.82, 2.24) is 15.6 Å². The van der Waals surface area contributed by atoms with Crippen molar-refractivity contribution in [3.05, 3.63) is 60.3 Å². The van der Waals surface area contributed by atoms with Gasteiger partial charge in [0.2, 0.25) is 5.91 Å². The highest BCUT2D eigenvalue weighted by Crippen LogP contribution is 2.20. The van der Waals surface area contributed by atoms with Crippen LogP contribution in [0.15, 0.2) is 54.7 Å². The van der Waals surface area contributed by atoms with E-state index < -0.39 is 49.1 Å². The van der Waals surface area contributed by atoms with Crippen LogP contribution in [-0.2, 0) is 23.9 Å². The molecule has 0 saturated heterocycles.